The van der Waals surface area contributed by atoms with E-state index in [0.29, 0.717) is 0 Å². The Kier molecular flexibility index (Phi) is 4.69. The Hall–Kier alpha value is -1.70. The molecule has 0 amide bonds. The lowest BCUT2D eigenvalue weighted by Gasteiger charge is -2.24. The van der Waals surface area contributed by atoms with E-state index in [9.17, 15) is 31.9 Å². The van der Waals surface area contributed by atoms with Crippen molar-refractivity contribution >= 4 is 5.97 Å². The molecule has 0 spiro atoms. The lowest BCUT2D eigenvalue weighted by molar-refractivity contribution is -0.148. The number of hydrogen-bond donors (Lipinski definition) is 1. The zero-order chi connectivity index (χ0) is 15.7. The molecule has 8 heteroatoms. The van der Waals surface area contributed by atoms with Crippen molar-refractivity contribution in [1.29, 1.82) is 0 Å². The molecule has 1 aromatic carbocycles. The summed E-state index contributed by atoms with van der Waals surface area (Å²) in [5, 5.41) is 9.85. The van der Waals surface area contributed by atoms with E-state index in [4.69, 9.17) is 0 Å². The molecule has 0 saturated carbocycles. The van der Waals surface area contributed by atoms with Gasteiger partial charge in [0.25, 0.3) is 0 Å². The van der Waals surface area contributed by atoms with Gasteiger partial charge in [0.15, 0.2) is 23.3 Å². The summed E-state index contributed by atoms with van der Waals surface area (Å²) in [6, 6.07) is 0. The average molecular weight is 298 g/mol. The van der Waals surface area contributed by atoms with Crippen molar-refractivity contribution in [2.75, 3.05) is 6.61 Å². The first-order valence-corrected chi connectivity index (χ1v) is 5.53. The van der Waals surface area contributed by atoms with Gasteiger partial charge in [-0.2, -0.15) is 0 Å². The normalized spacial score (nSPS) is 14.0. The molecule has 112 valence electrons. The third-order valence-corrected chi connectivity index (χ3v) is 2.54. The Morgan fingerprint density at radius 2 is 1.45 bits per heavy atom. The maximum Gasteiger partial charge on any atom is 0.309 e. The molecule has 0 fully saturated rings. The van der Waals surface area contributed by atoms with Crippen LogP contribution in [0, 0.1) is 29.1 Å². The molecular formula is C12H11F5O3. The van der Waals surface area contributed by atoms with Crippen LogP contribution in [-0.2, 0) is 15.1 Å². The fraction of sp³-hybridized carbons (Fsp3) is 0.417. The summed E-state index contributed by atoms with van der Waals surface area (Å²) in [5.41, 5.74) is -4.07. The van der Waals surface area contributed by atoms with Crippen molar-refractivity contribution in [3.63, 3.8) is 0 Å². The standard InChI is InChI=1S/C12H11F5O3/c1-3-20-5(18)4-12(2,19)6-7(13)9(15)11(17)10(16)8(6)14/h19H,3-4H2,1-2H3/t12-/m0/s1. The second-order valence-electron chi connectivity index (χ2n) is 4.20. The highest BCUT2D eigenvalue weighted by atomic mass is 19.2. The largest absolute Gasteiger partial charge is 0.466 e. The molecule has 0 radical (unpaired) electrons. The molecule has 1 aromatic rings. The quantitative estimate of drug-likeness (QED) is 0.402. The maximum atomic E-state index is 13.5. The zero-order valence-electron chi connectivity index (χ0n) is 10.6. The van der Waals surface area contributed by atoms with Gasteiger partial charge in [0.2, 0.25) is 5.82 Å². The van der Waals surface area contributed by atoms with E-state index in [1.807, 2.05) is 0 Å². The molecular weight excluding hydrogens is 287 g/mol. The lowest BCUT2D eigenvalue weighted by atomic mass is 9.91. The average Bonchev–Trinajstić information content (AvgIpc) is 2.33. The van der Waals surface area contributed by atoms with Gasteiger partial charge in [0.1, 0.15) is 5.60 Å². The second-order valence-corrected chi connectivity index (χ2v) is 4.20. The van der Waals surface area contributed by atoms with Gasteiger partial charge in [0, 0.05) is 0 Å². The predicted octanol–water partition coefficient (Wildman–Crippen LogP) is 2.54. The van der Waals surface area contributed by atoms with Crippen LogP contribution in [0.25, 0.3) is 0 Å². The summed E-state index contributed by atoms with van der Waals surface area (Å²) in [6.07, 6.45) is -0.959. The van der Waals surface area contributed by atoms with Crippen LogP contribution in [0.1, 0.15) is 25.8 Å². The van der Waals surface area contributed by atoms with E-state index < -0.39 is 52.6 Å². The fourth-order valence-electron chi connectivity index (χ4n) is 1.66. The van der Waals surface area contributed by atoms with Gasteiger partial charge < -0.3 is 9.84 Å². The van der Waals surface area contributed by atoms with Crippen molar-refractivity contribution in [3.05, 3.63) is 34.6 Å². The van der Waals surface area contributed by atoms with Gasteiger partial charge >= 0.3 is 5.97 Å². The van der Waals surface area contributed by atoms with Crippen molar-refractivity contribution in [3.8, 4) is 0 Å². The number of carbonyl (C=O) groups excluding carboxylic acids is 1. The first kappa shape index (κ1) is 16.4. The Bertz CT molecular complexity index is 513. The molecule has 0 saturated heterocycles. The number of aliphatic hydroxyl groups is 1. The molecule has 20 heavy (non-hydrogen) atoms. The van der Waals surface area contributed by atoms with E-state index >= 15 is 0 Å². The van der Waals surface area contributed by atoms with Crippen molar-refractivity contribution in [1.82, 2.24) is 0 Å². The first-order chi connectivity index (χ1) is 9.13. The van der Waals surface area contributed by atoms with Crippen LogP contribution in [0.15, 0.2) is 0 Å². The Morgan fingerprint density at radius 3 is 1.85 bits per heavy atom. The highest BCUT2D eigenvalue weighted by Crippen LogP contribution is 2.33. The molecule has 0 aromatic heterocycles. The number of hydrogen-bond acceptors (Lipinski definition) is 3. The Balaban J connectivity index is 3.35. The van der Waals surface area contributed by atoms with Crippen LogP contribution in [0.2, 0.25) is 0 Å². The molecule has 0 aliphatic rings. The molecule has 1 atom stereocenters. The summed E-state index contributed by atoms with van der Waals surface area (Å²) in [5.74, 6) is -12.1. The van der Waals surface area contributed by atoms with Crippen molar-refractivity contribution in [2.45, 2.75) is 25.9 Å². The van der Waals surface area contributed by atoms with Gasteiger partial charge in [-0.15, -0.1) is 0 Å². The number of ether oxygens (including phenoxy) is 1. The molecule has 0 unspecified atom stereocenters. The molecule has 0 aliphatic heterocycles. The van der Waals surface area contributed by atoms with Crippen LogP contribution in [-0.4, -0.2) is 17.7 Å². The SMILES string of the molecule is CCOC(=O)C[C@](C)(O)c1c(F)c(F)c(F)c(F)c1F. The summed E-state index contributed by atoms with van der Waals surface area (Å²) in [7, 11) is 0. The van der Waals surface area contributed by atoms with Crippen LogP contribution in [0.4, 0.5) is 22.0 Å². The van der Waals surface area contributed by atoms with Gasteiger partial charge in [-0.1, -0.05) is 0 Å². The number of rotatable bonds is 4. The van der Waals surface area contributed by atoms with E-state index in [1.165, 1.54) is 6.92 Å². The zero-order valence-corrected chi connectivity index (χ0v) is 10.6. The van der Waals surface area contributed by atoms with Crippen molar-refractivity contribution < 1.29 is 36.6 Å². The number of carbonyl (C=O) groups is 1. The molecule has 3 nitrogen and oxygen atoms in total. The smallest absolute Gasteiger partial charge is 0.309 e. The highest BCUT2D eigenvalue weighted by molar-refractivity contribution is 5.71. The van der Waals surface area contributed by atoms with Crippen LogP contribution in [0.3, 0.4) is 0 Å². The summed E-state index contributed by atoms with van der Waals surface area (Å²) < 4.78 is 70.4. The van der Waals surface area contributed by atoms with E-state index in [2.05, 4.69) is 4.74 Å². The third-order valence-electron chi connectivity index (χ3n) is 2.54. The van der Waals surface area contributed by atoms with E-state index in [0.717, 1.165) is 6.92 Å². The fourth-order valence-corrected chi connectivity index (χ4v) is 1.66. The topological polar surface area (TPSA) is 46.5 Å². The highest BCUT2D eigenvalue weighted by Gasteiger charge is 2.38. The molecule has 1 rings (SSSR count). The molecule has 0 bridgehead atoms. The minimum atomic E-state index is -2.60. The Labute approximate surface area is 111 Å². The van der Waals surface area contributed by atoms with Gasteiger partial charge in [-0.05, 0) is 13.8 Å². The monoisotopic (exact) mass is 298 g/mol. The van der Waals surface area contributed by atoms with Crippen LogP contribution < -0.4 is 0 Å². The number of halogens is 5. The lowest BCUT2D eigenvalue weighted by Crippen LogP contribution is -2.30. The maximum absolute atomic E-state index is 13.5. The van der Waals surface area contributed by atoms with Crippen molar-refractivity contribution in [2.24, 2.45) is 0 Å². The summed E-state index contributed by atoms with van der Waals surface area (Å²) in [4.78, 5) is 11.2. The van der Waals surface area contributed by atoms with Crippen LogP contribution >= 0.6 is 0 Å². The number of esters is 1. The minimum Gasteiger partial charge on any atom is -0.466 e. The van der Waals surface area contributed by atoms with Gasteiger partial charge in [-0.3, -0.25) is 4.79 Å². The van der Waals surface area contributed by atoms with Crippen LogP contribution in [0.5, 0.6) is 0 Å². The first-order valence-electron chi connectivity index (χ1n) is 5.53. The van der Waals surface area contributed by atoms with E-state index in [1.54, 1.807) is 0 Å². The predicted molar refractivity (Wildman–Crippen MR) is 57.1 cm³/mol. The number of benzene rings is 1. The Morgan fingerprint density at radius 1 is 1.05 bits per heavy atom. The molecule has 1 N–H and O–H groups in total. The summed E-state index contributed by atoms with van der Waals surface area (Å²) in [6.45, 7) is 2.14. The molecule has 0 aliphatic carbocycles. The van der Waals surface area contributed by atoms with Gasteiger partial charge in [0.05, 0.1) is 18.6 Å². The second kappa shape index (κ2) is 5.74. The summed E-state index contributed by atoms with van der Waals surface area (Å²) >= 11 is 0. The molecule has 0 heterocycles. The third kappa shape index (κ3) is 2.90. The van der Waals surface area contributed by atoms with Gasteiger partial charge in [-0.25, -0.2) is 22.0 Å². The van der Waals surface area contributed by atoms with E-state index in [-0.39, 0.29) is 6.61 Å². The minimum absolute atomic E-state index is 0.0635.